The SMILES string of the molecule is CC(C)NCC(C)Sc1ccc(Cl)cc1. The van der Waals surface area contributed by atoms with E-state index in [9.17, 15) is 0 Å². The van der Waals surface area contributed by atoms with Crippen molar-refractivity contribution in [1.29, 1.82) is 0 Å². The standard InChI is InChI=1S/C12H18ClNS/c1-9(2)14-8-10(3)15-12-6-4-11(13)5-7-12/h4-7,9-10,14H,8H2,1-3H3. The average Bonchev–Trinajstić information content (AvgIpc) is 2.19. The fraction of sp³-hybridized carbons (Fsp3) is 0.500. The summed E-state index contributed by atoms with van der Waals surface area (Å²) in [5, 5.41) is 4.81. The second kappa shape index (κ2) is 6.41. The van der Waals surface area contributed by atoms with Crippen LogP contribution in [-0.2, 0) is 0 Å². The van der Waals surface area contributed by atoms with Crippen molar-refractivity contribution in [1.82, 2.24) is 5.32 Å². The maximum atomic E-state index is 5.83. The Labute approximate surface area is 102 Å². The molecule has 0 aliphatic carbocycles. The predicted octanol–water partition coefficient (Wildman–Crippen LogP) is 3.82. The first-order valence-corrected chi connectivity index (χ1v) is 6.49. The lowest BCUT2D eigenvalue weighted by Crippen LogP contribution is -2.28. The summed E-state index contributed by atoms with van der Waals surface area (Å²) in [6.07, 6.45) is 0. The molecule has 0 saturated heterocycles. The molecule has 0 amide bonds. The molecule has 0 heterocycles. The molecule has 1 aromatic rings. The van der Waals surface area contributed by atoms with Gasteiger partial charge in [-0.05, 0) is 24.3 Å². The van der Waals surface area contributed by atoms with Crippen molar-refractivity contribution >= 4 is 23.4 Å². The van der Waals surface area contributed by atoms with Gasteiger partial charge in [0, 0.05) is 27.8 Å². The molecule has 0 spiro atoms. The Morgan fingerprint density at radius 2 is 1.80 bits per heavy atom. The van der Waals surface area contributed by atoms with Crippen molar-refractivity contribution in [2.45, 2.75) is 37.0 Å². The summed E-state index contributed by atoms with van der Waals surface area (Å²) in [5.41, 5.74) is 0. The molecule has 1 unspecified atom stereocenters. The van der Waals surface area contributed by atoms with Gasteiger partial charge >= 0.3 is 0 Å². The second-order valence-corrected chi connectivity index (χ2v) is 5.89. The molecule has 1 atom stereocenters. The van der Waals surface area contributed by atoms with Gasteiger partial charge < -0.3 is 5.32 Å². The number of hydrogen-bond donors (Lipinski definition) is 1. The molecular weight excluding hydrogens is 226 g/mol. The van der Waals surface area contributed by atoms with Crippen LogP contribution < -0.4 is 5.32 Å². The number of nitrogens with one attached hydrogen (secondary N) is 1. The predicted molar refractivity (Wildman–Crippen MR) is 69.9 cm³/mol. The number of benzene rings is 1. The molecule has 0 aromatic heterocycles. The quantitative estimate of drug-likeness (QED) is 0.790. The highest BCUT2D eigenvalue weighted by Crippen LogP contribution is 2.24. The molecule has 0 fully saturated rings. The minimum atomic E-state index is 0.554. The fourth-order valence-corrected chi connectivity index (χ4v) is 2.25. The van der Waals surface area contributed by atoms with Crippen LogP contribution in [0.15, 0.2) is 29.2 Å². The van der Waals surface area contributed by atoms with Crippen molar-refractivity contribution < 1.29 is 0 Å². The maximum absolute atomic E-state index is 5.83. The minimum absolute atomic E-state index is 0.554. The first kappa shape index (κ1) is 12.9. The first-order chi connectivity index (χ1) is 7.08. The molecule has 3 heteroatoms. The van der Waals surface area contributed by atoms with Crippen molar-refractivity contribution in [3.8, 4) is 0 Å². The van der Waals surface area contributed by atoms with Crippen LogP contribution in [0.2, 0.25) is 5.02 Å². The fourth-order valence-electron chi connectivity index (χ4n) is 1.19. The van der Waals surface area contributed by atoms with Crippen LogP contribution in [0, 0.1) is 0 Å². The van der Waals surface area contributed by atoms with Gasteiger partial charge in [0.25, 0.3) is 0 Å². The van der Waals surface area contributed by atoms with Crippen molar-refractivity contribution in [3.05, 3.63) is 29.3 Å². The van der Waals surface area contributed by atoms with Crippen LogP contribution >= 0.6 is 23.4 Å². The van der Waals surface area contributed by atoms with Gasteiger partial charge in [0.1, 0.15) is 0 Å². The van der Waals surface area contributed by atoms with Gasteiger partial charge in [0.15, 0.2) is 0 Å². The van der Waals surface area contributed by atoms with Gasteiger partial charge in [0.2, 0.25) is 0 Å². The summed E-state index contributed by atoms with van der Waals surface area (Å²) in [6.45, 7) is 7.60. The number of halogens is 1. The third kappa shape index (κ3) is 5.45. The first-order valence-electron chi connectivity index (χ1n) is 5.23. The Balaban J connectivity index is 2.37. The Morgan fingerprint density at radius 3 is 2.33 bits per heavy atom. The van der Waals surface area contributed by atoms with Crippen LogP contribution in [0.4, 0.5) is 0 Å². The topological polar surface area (TPSA) is 12.0 Å². The summed E-state index contributed by atoms with van der Waals surface area (Å²) in [4.78, 5) is 1.28. The normalized spacial score (nSPS) is 13.1. The van der Waals surface area contributed by atoms with Gasteiger partial charge in [-0.2, -0.15) is 0 Å². The zero-order valence-corrected chi connectivity index (χ0v) is 11.0. The van der Waals surface area contributed by atoms with Gasteiger partial charge in [-0.1, -0.05) is 32.4 Å². The van der Waals surface area contributed by atoms with E-state index in [0.717, 1.165) is 11.6 Å². The number of thioether (sulfide) groups is 1. The maximum Gasteiger partial charge on any atom is 0.0406 e. The molecule has 1 aromatic carbocycles. The molecular formula is C12H18ClNS. The third-order valence-corrected chi connectivity index (χ3v) is 3.33. The number of rotatable bonds is 5. The molecule has 0 bridgehead atoms. The van der Waals surface area contributed by atoms with Crippen molar-refractivity contribution in [3.63, 3.8) is 0 Å². The van der Waals surface area contributed by atoms with Gasteiger partial charge in [0.05, 0.1) is 0 Å². The lowest BCUT2D eigenvalue weighted by Gasteiger charge is -2.14. The summed E-state index contributed by atoms with van der Waals surface area (Å²) < 4.78 is 0. The van der Waals surface area contributed by atoms with E-state index in [1.165, 1.54) is 4.90 Å². The van der Waals surface area contributed by atoms with E-state index >= 15 is 0 Å². The van der Waals surface area contributed by atoms with Crippen molar-refractivity contribution in [2.24, 2.45) is 0 Å². The zero-order valence-electron chi connectivity index (χ0n) is 9.46. The van der Waals surface area contributed by atoms with Crippen LogP contribution in [0.1, 0.15) is 20.8 Å². The van der Waals surface area contributed by atoms with E-state index in [1.54, 1.807) is 0 Å². The summed E-state index contributed by atoms with van der Waals surface area (Å²) in [6, 6.07) is 8.56. The Hall–Kier alpha value is -0.180. The Morgan fingerprint density at radius 1 is 1.20 bits per heavy atom. The molecule has 15 heavy (non-hydrogen) atoms. The van der Waals surface area contributed by atoms with Gasteiger partial charge in [-0.3, -0.25) is 0 Å². The molecule has 0 aliphatic rings. The lowest BCUT2D eigenvalue weighted by atomic mass is 10.3. The van der Waals surface area contributed by atoms with E-state index in [1.807, 2.05) is 23.9 Å². The number of hydrogen-bond acceptors (Lipinski definition) is 2. The molecule has 1 rings (SSSR count). The zero-order chi connectivity index (χ0) is 11.3. The molecule has 1 N–H and O–H groups in total. The van der Waals surface area contributed by atoms with Crippen molar-refractivity contribution in [2.75, 3.05) is 6.54 Å². The molecule has 0 aliphatic heterocycles. The Bertz CT molecular complexity index is 284. The summed E-state index contributed by atoms with van der Waals surface area (Å²) >= 11 is 7.70. The van der Waals surface area contributed by atoms with Gasteiger partial charge in [-0.15, -0.1) is 11.8 Å². The van der Waals surface area contributed by atoms with E-state index in [-0.39, 0.29) is 0 Å². The summed E-state index contributed by atoms with van der Waals surface area (Å²) in [5.74, 6) is 0. The molecule has 1 nitrogen and oxygen atoms in total. The third-order valence-electron chi connectivity index (χ3n) is 1.96. The molecule has 0 saturated carbocycles. The van der Waals surface area contributed by atoms with Crippen LogP contribution in [0.25, 0.3) is 0 Å². The van der Waals surface area contributed by atoms with E-state index in [2.05, 4.69) is 38.2 Å². The van der Waals surface area contributed by atoms with Crippen LogP contribution in [0.5, 0.6) is 0 Å². The lowest BCUT2D eigenvalue weighted by molar-refractivity contribution is 0.589. The highest BCUT2D eigenvalue weighted by atomic mass is 35.5. The Kier molecular flexibility index (Phi) is 5.51. The van der Waals surface area contributed by atoms with E-state index in [0.29, 0.717) is 11.3 Å². The van der Waals surface area contributed by atoms with Gasteiger partial charge in [-0.25, -0.2) is 0 Å². The van der Waals surface area contributed by atoms with E-state index in [4.69, 9.17) is 11.6 Å². The summed E-state index contributed by atoms with van der Waals surface area (Å²) in [7, 11) is 0. The molecule has 84 valence electrons. The van der Waals surface area contributed by atoms with E-state index < -0.39 is 0 Å². The highest BCUT2D eigenvalue weighted by Gasteiger charge is 2.04. The minimum Gasteiger partial charge on any atom is -0.313 e. The largest absolute Gasteiger partial charge is 0.313 e. The smallest absolute Gasteiger partial charge is 0.0406 e. The molecule has 0 radical (unpaired) electrons. The monoisotopic (exact) mass is 243 g/mol. The van der Waals surface area contributed by atoms with Crippen LogP contribution in [-0.4, -0.2) is 17.8 Å². The van der Waals surface area contributed by atoms with Crippen LogP contribution in [0.3, 0.4) is 0 Å². The highest BCUT2D eigenvalue weighted by molar-refractivity contribution is 8.00. The second-order valence-electron chi connectivity index (χ2n) is 3.95. The average molecular weight is 244 g/mol.